The Labute approximate surface area is 600 Å². The van der Waals surface area contributed by atoms with Crippen LogP contribution in [0.2, 0.25) is 5.02 Å². The highest BCUT2D eigenvalue weighted by Gasteiger charge is 2.37. The van der Waals surface area contributed by atoms with Crippen LogP contribution in [0.5, 0.6) is 0 Å². The smallest absolute Gasteiger partial charge is 0.250 e. The minimum Gasteiger partial charge on any atom is -0.392 e. The van der Waals surface area contributed by atoms with Gasteiger partial charge in [0, 0.05) is 21.7 Å². The highest BCUT2D eigenvalue weighted by Crippen LogP contribution is 2.44. The predicted molar refractivity (Wildman–Crippen MR) is 373 cm³/mol. The van der Waals surface area contributed by atoms with Crippen molar-refractivity contribution < 1.29 is 5.11 Å². The Morgan fingerprint density at radius 1 is 0.284 bits per heavy atom. The average molecular weight is 1560 g/mol. The fraction of sp³-hybridized carbons (Fsp3) is 0.136. The largest absolute Gasteiger partial charge is 0.392 e. The lowest BCUT2D eigenvalue weighted by Gasteiger charge is -2.15. The first-order valence-electron chi connectivity index (χ1n) is 24.7. The molecular formula is C59H36Cl19N9O. The van der Waals surface area contributed by atoms with E-state index < -0.39 is 22.8 Å². The first-order valence-corrected chi connectivity index (χ1v) is 31.9. The molecule has 0 fully saturated rings. The van der Waals surface area contributed by atoms with Gasteiger partial charge in [0.15, 0.2) is 52.4 Å². The predicted octanol–water partition coefficient (Wildman–Crippen LogP) is 22.5. The van der Waals surface area contributed by atoms with Crippen LogP contribution in [0.1, 0.15) is 79.5 Å². The number of aryl methyl sites for hydroxylation is 1. The zero-order chi connectivity index (χ0) is 64.4. The van der Waals surface area contributed by atoms with E-state index >= 15 is 0 Å². The van der Waals surface area contributed by atoms with Crippen LogP contribution in [0.4, 0.5) is 0 Å². The van der Waals surface area contributed by atoms with Gasteiger partial charge in [-0.05, 0) is 58.0 Å². The Hall–Kier alpha value is -2.96. The lowest BCUT2D eigenvalue weighted by atomic mass is 10.1. The Balaban J connectivity index is 0.000000188. The number of nitrogens with zero attached hydrogens (tertiary/aromatic N) is 9. The summed E-state index contributed by atoms with van der Waals surface area (Å²) < 4.78 is -11.4. The summed E-state index contributed by atoms with van der Waals surface area (Å²) in [5.41, 5.74) is 10.0. The molecule has 88 heavy (non-hydrogen) atoms. The molecule has 456 valence electrons. The van der Waals surface area contributed by atoms with E-state index in [0.717, 1.165) is 38.9 Å². The van der Waals surface area contributed by atoms with Gasteiger partial charge in [-0.1, -0.05) is 396 Å². The van der Waals surface area contributed by atoms with E-state index in [1.807, 2.05) is 134 Å². The van der Waals surface area contributed by atoms with Crippen LogP contribution in [0, 0.1) is 6.92 Å². The van der Waals surface area contributed by atoms with E-state index in [0.29, 0.717) is 21.7 Å². The number of rotatable bonds is 10. The van der Waals surface area contributed by atoms with Gasteiger partial charge in [-0.15, -0.1) is 0 Å². The third-order valence-electron chi connectivity index (χ3n) is 11.4. The van der Waals surface area contributed by atoms with Crippen LogP contribution in [0.25, 0.3) is 70.6 Å². The molecule has 3 aromatic heterocycles. The first kappa shape index (κ1) is 72.5. The van der Waals surface area contributed by atoms with Crippen LogP contribution >= 0.6 is 220 Å². The quantitative estimate of drug-likeness (QED) is 0.104. The molecule has 9 rings (SSSR count). The number of aliphatic hydroxyl groups is 1. The molecule has 0 radical (unpaired) electrons. The molecule has 0 bridgehead atoms. The molecule has 0 aliphatic heterocycles. The molecule has 9 aromatic rings. The molecule has 29 heteroatoms. The summed E-state index contributed by atoms with van der Waals surface area (Å²) in [6, 6.07) is 45.6. The number of hydrogen-bond acceptors (Lipinski definition) is 10. The van der Waals surface area contributed by atoms with Crippen molar-refractivity contribution in [1.29, 1.82) is 0 Å². The van der Waals surface area contributed by atoms with Crippen LogP contribution < -0.4 is 0 Å². The fourth-order valence-corrected chi connectivity index (χ4v) is 8.72. The third-order valence-corrected chi connectivity index (χ3v) is 14.7. The summed E-state index contributed by atoms with van der Waals surface area (Å²) in [5, 5.41) is 9.79. The summed E-state index contributed by atoms with van der Waals surface area (Å²) in [6.07, 6.45) is 11.9. The zero-order valence-electron chi connectivity index (χ0n) is 44.2. The number of benzene rings is 6. The molecule has 0 unspecified atom stereocenters. The average Bonchev–Trinajstić information content (AvgIpc) is 1.16. The van der Waals surface area contributed by atoms with Crippen molar-refractivity contribution in [2.75, 3.05) is 0 Å². The van der Waals surface area contributed by atoms with E-state index in [1.54, 1.807) is 24.3 Å². The van der Waals surface area contributed by atoms with Gasteiger partial charge in [-0.25, -0.2) is 44.9 Å². The maximum Gasteiger partial charge on any atom is 0.250 e. The Morgan fingerprint density at radius 2 is 0.477 bits per heavy atom. The normalized spacial score (nSPS) is 12.5. The second-order valence-corrected chi connectivity index (χ2v) is 32.3. The molecule has 0 saturated carbocycles. The molecule has 6 aromatic carbocycles. The van der Waals surface area contributed by atoms with Gasteiger partial charge < -0.3 is 5.11 Å². The van der Waals surface area contributed by atoms with Gasteiger partial charge in [0.2, 0.25) is 22.8 Å². The van der Waals surface area contributed by atoms with Crippen molar-refractivity contribution in [3.63, 3.8) is 0 Å². The fourth-order valence-electron chi connectivity index (χ4n) is 7.07. The second kappa shape index (κ2) is 31.3. The molecule has 10 nitrogen and oxygen atoms in total. The highest BCUT2D eigenvalue weighted by atomic mass is 35.6. The monoisotopic (exact) mass is 1550 g/mol. The van der Waals surface area contributed by atoms with Crippen LogP contribution in [0.3, 0.4) is 0 Å². The zero-order valence-corrected chi connectivity index (χ0v) is 58.5. The highest BCUT2D eigenvalue weighted by molar-refractivity contribution is 6.69. The minimum absolute atomic E-state index is 0.0164. The lowest BCUT2D eigenvalue weighted by molar-refractivity contribution is 0.282. The maximum atomic E-state index is 9.10. The van der Waals surface area contributed by atoms with E-state index in [2.05, 4.69) is 76.0 Å². The van der Waals surface area contributed by atoms with Gasteiger partial charge in [-0.2, -0.15) is 0 Å². The summed E-state index contributed by atoms with van der Waals surface area (Å²) in [5.74, 6) is -0.158. The summed E-state index contributed by atoms with van der Waals surface area (Å²) in [4.78, 5) is 37.1. The van der Waals surface area contributed by atoms with Crippen LogP contribution in [-0.2, 0) is 29.4 Å². The van der Waals surface area contributed by atoms with E-state index in [9.17, 15) is 0 Å². The van der Waals surface area contributed by atoms with Gasteiger partial charge in [0.1, 0.15) is 0 Å². The van der Waals surface area contributed by atoms with Crippen molar-refractivity contribution in [2.24, 2.45) is 0 Å². The molecule has 0 spiro atoms. The van der Waals surface area contributed by atoms with Crippen LogP contribution in [-0.4, -0.2) is 50.0 Å². The van der Waals surface area contributed by atoms with Gasteiger partial charge >= 0.3 is 0 Å². The molecule has 3 heterocycles. The van der Waals surface area contributed by atoms with E-state index in [4.69, 9.17) is 226 Å². The Kier molecular flexibility index (Phi) is 25.8. The lowest BCUT2D eigenvalue weighted by Crippen LogP contribution is -2.16. The summed E-state index contributed by atoms with van der Waals surface area (Å²) in [7, 11) is 0. The SMILES string of the molecule is Cc1ccc(C=Cc2ccc(-c3nc(C(Cl)(Cl)Cl)nc(C(Cl)(Cl)Cl)n3)cc2)cc1.Clc1ccc(C=Cc2ccc(-c3nc(C(Cl)(Cl)Cl)nc(C(Cl)(Cl)Cl)n3)cc2)cc1.OCc1ccc(C=Cc2ccc(-c3nc(C(Cl)(Cl)Cl)nc(C(Cl)(Cl)Cl)n3)cc2)cc1. The molecular weight excluding hydrogens is 1520 g/mol. The number of alkyl halides is 18. The van der Waals surface area contributed by atoms with Crippen molar-refractivity contribution in [2.45, 2.75) is 36.3 Å². The Morgan fingerprint density at radius 3 is 0.682 bits per heavy atom. The second-order valence-electron chi connectivity index (χ2n) is 18.1. The molecule has 0 saturated heterocycles. The van der Waals surface area contributed by atoms with Crippen molar-refractivity contribution in [1.82, 2.24) is 44.9 Å². The van der Waals surface area contributed by atoms with Gasteiger partial charge in [0.05, 0.1) is 6.61 Å². The number of halogens is 19. The Bertz CT molecular complexity index is 3630. The van der Waals surface area contributed by atoms with Crippen molar-refractivity contribution in [3.8, 4) is 34.2 Å². The van der Waals surface area contributed by atoms with E-state index in [1.165, 1.54) is 5.56 Å². The summed E-state index contributed by atoms with van der Waals surface area (Å²) >= 11 is 112. The molecule has 1 N–H and O–H groups in total. The molecule has 0 aliphatic carbocycles. The van der Waals surface area contributed by atoms with E-state index in [-0.39, 0.29) is 59.0 Å². The number of hydrogen-bond donors (Lipinski definition) is 1. The van der Waals surface area contributed by atoms with Gasteiger partial charge in [-0.3, -0.25) is 0 Å². The molecule has 0 atom stereocenters. The molecule has 0 aliphatic rings. The van der Waals surface area contributed by atoms with Gasteiger partial charge in [0.25, 0.3) is 0 Å². The third kappa shape index (κ3) is 22.4. The standard InChI is InChI=1S/C20H13Cl6N3O.C20H13Cl6N3.C19H10Cl7N3/c21-19(22,23)17-27-16(28-18(29-17)20(24,25)26)15-9-7-13(8-10-15)2-1-12-3-5-14(11-30)6-4-12;1-12-2-4-13(5-3-12)6-7-14-8-10-15(11-9-14)16-27-17(19(21,22)23)29-18(28-16)20(24,25)26;20-14-9-5-12(6-10-14)2-1-11-3-7-13(8-4-11)15-27-16(18(21,22)23)29-17(28-15)19(24,25)26/h1-10,30H,11H2;2-11H,1H3;1-10H. The number of aliphatic hydroxyl groups excluding tert-OH is 1. The summed E-state index contributed by atoms with van der Waals surface area (Å²) in [6.45, 7) is 2.07. The topological polar surface area (TPSA) is 136 Å². The number of aromatic nitrogens is 9. The first-order chi connectivity index (χ1) is 41.1. The maximum absolute atomic E-state index is 9.10. The van der Waals surface area contributed by atoms with Crippen molar-refractivity contribution in [3.05, 3.63) is 230 Å². The minimum atomic E-state index is -1.91. The van der Waals surface area contributed by atoms with Crippen molar-refractivity contribution >= 4 is 257 Å². The molecule has 0 amide bonds. The van der Waals surface area contributed by atoms with Crippen LogP contribution in [0.15, 0.2) is 146 Å².